The van der Waals surface area contributed by atoms with Crippen molar-refractivity contribution in [2.24, 2.45) is 5.10 Å². The number of carbonyl (C=O) groups excluding carboxylic acids is 3. The average Bonchev–Trinajstić information content (AvgIpc) is 2.89. The predicted molar refractivity (Wildman–Crippen MR) is 131 cm³/mol. The van der Waals surface area contributed by atoms with Crippen LogP contribution in [-0.4, -0.2) is 37.7 Å². The Bertz CT molecular complexity index is 1240. The van der Waals surface area contributed by atoms with Crippen LogP contribution in [0.2, 0.25) is 0 Å². The van der Waals surface area contributed by atoms with Crippen molar-refractivity contribution in [3.05, 3.63) is 83.7 Å². The highest BCUT2D eigenvalue weighted by Crippen LogP contribution is 2.28. The lowest BCUT2D eigenvalue weighted by molar-refractivity contribution is -0.136. The number of ether oxygens (including phenoxy) is 3. The highest BCUT2D eigenvalue weighted by atomic mass is 19.1. The Balaban J connectivity index is 1.57. The average molecular weight is 493 g/mol. The number of nitrogens with zero attached hydrogens (tertiary/aromatic N) is 1. The molecule has 36 heavy (non-hydrogen) atoms. The Morgan fingerprint density at radius 3 is 2.33 bits per heavy atom. The van der Waals surface area contributed by atoms with Crippen molar-refractivity contribution in [2.45, 2.75) is 13.3 Å². The zero-order chi connectivity index (χ0) is 25.9. The van der Waals surface area contributed by atoms with Gasteiger partial charge in [0.05, 0.1) is 25.5 Å². The molecule has 3 aromatic rings. The lowest BCUT2D eigenvalue weighted by Crippen LogP contribution is -2.32. The van der Waals surface area contributed by atoms with Crippen molar-refractivity contribution in [1.29, 1.82) is 0 Å². The number of amides is 2. The van der Waals surface area contributed by atoms with Gasteiger partial charge in [0, 0.05) is 5.69 Å². The number of esters is 1. The maximum absolute atomic E-state index is 12.9. The van der Waals surface area contributed by atoms with Crippen molar-refractivity contribution < 1.29 is 33.0 Å². The molecule has 0 atom stereocenters. The molecular weight excluding hydrogens is 469 g/mol. The van der Waals surface area contributed by atoms with Crippen LogP contribution in [0.1, 0.15) is 29.3 Å². The predicted octanol–water partition coefficient (Wildman–Crippen LogP) is 3.93. The van der Waals surface area contributed by atoms with E-state index in [0.29, 0.717) is 23.5 Å². The number of hydrogen-bond acceptors (Lipinski definition) is 7. The minimum atomic E-state index is -1.01. The summed E-state index contributed by atoms with van der Waals surface area (Å²) in [6.45, 7) is 2.59. The molecule has 0 bridgehead atoms. The molecule has 0 saturated carbocycles. The molecule has 0 aromatic heterocycles. The van der Waals surface area contributed by atoms with Crippen molar-refractivity contribution in [1.82, 2.24) is 5.43 Å². The molecule has 3 aromatic carbocycles. The van der Waals surface area contributed by atoms with Gasteiger partial charge in [-0.2, -0.15) is 5.10 Å². The number of nitrogens with one attached hydrogen (secondary N) is 2. The first-order valence-electron chi connectivity index (χ1n) is 10.9. The Morgan fingerprint density at radius 1 is 0.944 bits per heavy atom. The fraction of sp³-hybridized carbons (Fsp3) is 0.154. The monoisotopic (exact) mass is 493 g/mol. The van der Waals surface area contributed by atoms with E-state index in [1.165, 1.54) is 31.5 Å². The highest BCUT2D eigenvalue weighted by Gasteiger charge is 2.14. The smallest absolute Gasteiger partial charge is 0.343 e. The second-order valence-corrected chi connectivity index (χ2v) is 7.33. The van der Waals surface area contributed by atoms with Gasteiger partial charge in [-0.25, -0.2) is 14.6 Å². The molecular formula is C26H24FN3O6. The summed E-state index contributed by atoms with van der Waals surface area (Å²) in [6.07, 6.45) is 2.16. The number of methoxy groups -OCH3 is 1. The summed E-state index contributed by atoms with van der Waals surface area (Å²) in [4.78, 5) is 36.3. The molecule has 10 heteroatoms. The van der Waals surface area contributed by atoms with Crippen molar-refractivity contribution in [3.8, 4) is 17.2 Å². The van der Waals surface area contributed by atoms with Crippen LogP contribution in [0.4, 0.5) is 10.1 Å². The lowest BCUT2D eigenvalue weighted by Gasteiger charge is -2.10. The van der Waals surface area contributed by atoms with Crippen LogP contribution in [0.3, 0.4) is 0 Å². The van der Waals surface area contributed by atoms with Crippen LogP contribution in [0.5, 0.6) is 17.2 Å². The fourth-order valence-electron chi connectivity index (χ4n) is 2.85. The zero-order valence-electron chi connectivity index (χ0n) is 19.6. The minimum Gasteiger partial charge on any atom is -0.494 e. The number of halogens is 1. The fourth-order valence-corrected chi connectivity index (χ4v) is 2.85. The molecule has 186 valence electrons. The quantitative estimate of drug-likeness (QED) is 0.153. The molecule has 0 aliphatic rings. The van der Waals surface area contributed by atoms with E-state index < -0.39 is 23.6 Å². The van der Waals surface area contributed by atoms with Crippen molar-refractivity contribution in [3.63, 3.8) is 0 Å². The van der Waals surface area contributed by atoms with Crippen LogP contribution < -0.4 is 25.0 Å². The molecule has 2 amide bonds. The summed E-state index contributed by atoms with van der Waals surface area (Å²) in [5.74, 6) is -1.91. The van der Waals surface area contributed by atoms with E-state index in [-0.39, 0.29) is 17.2 Å². The molecule has 0 unspecified atom stereocenters. The molecule has 0 fully saturated rings. The van der Waals surface area contributed by atoms with Crippen LogP contribution in [0.15, 0.2) is 71.8 Å². The molecule has 0 radical (unpaired) electrons. The van der Waals surface area contributed by atoms with E-state index in [1.54, 1.807) is 36.4 Å². The van der Waals surface area contributed by atoms with Gasteiger partial charge in [0.2, 0.25) is 0 Å². The summed E-state index contributed by atoms with van der Waals surface area (Å²) in [7, 11) is 1.41. The Morgan fingerprint density at radius 2 is 1.67 bits per heavy atom. The second-order valence-electron chi connectivity index (χ2n) is 7.33. The van der Waals surface area contributed by atoms with E-state index in [0.717, 1.165) is 18.6 Å². The first-order chi connectivity index (χ1) is 17.4. The maximum atomic E-state index is 12.9. The molecule has 0 aliphatic heterocycles. The number of anilines is 1. The standard InChI is InChI=1S/C26H24FN3O6/c1-3-14-35-21-11-5-18(6-12-21)26(33)36-22-13-4-17(15-23(22)34-2)16-28-30-25(32)24(31)29-20-9-7-19(27)8-10-20/h4-13,15-16H,3,14H2,1-2H3,(H,29,31)(H,30,32). The van der Waals surface area contributed by atoms with Crippen LogP contribution in [0, 0.1) is 5.82 Å². The van der Waals surface area contributed by atoms with E-state index in [1.807, 2.05) is 6.92 Å². The van der Waals surface area contributed by atoms with Gasteiger partial charge >= 0.3 is 17.8 Å². The molecule has 0 spiro atoms. The second kappa shape index (κ2) is 12.7. The Kier molecular flexibility index (Phi) is 9.10. The Hall–Kier alpha value is -4.73. The van der Waals surface area contributed by atoms with E-state index in [4.69, 9.17) is 14.2 Å². The van der Waals surface area contributed by atoms with Gasteiger partial charge in [0.15, 0.2) is 11.5 Å². The van der Waals surface area contributed by atoms with Crippen LogP contribution >= 0.6 is 0 Å². The number of benzene rings is 3. The Labute approximate surface area is 206 Å². The van der Waals surface area contributed by atoms with E-state index in [2.05, 4.69) is 15.8 Å². The SMILES string of the molecule is CCCOc1ccc(C(=O)Oc2ccc(C=NNC(=O)C(=O)Nc3ccc(F)cc3)cc2OC)cc1. The molecule has 9 nitrogen and oxygen atoms in total. The first-order valence-corrected chi connectivity index (χ1v) is 10.9. The molecule has 0 aliphatic carbocycles. The summed E-state index contributed by atoms with van der Waals surface area (Å²) in [5, 5.41) is 6.06. The number of rotatable bonds is 9. The lowest BCUT2D eigenvalue weighted by atomic mass is 10.2. The molecule has 3 rings (SSSR count). The van der Waals surface area contributed by atoms with E-state index >= 15 is 0 Å². The van der Waals surface area contributed by atoms with Crippen molar-refractivity contribution in [2.75, 3.05) is 19.0 Å². The van der Waals surface area contributed by atoms with Gasteiger partial charge in [-0.3, -0.25) is 9.59 Å². The molecule has 2 N–H and O–H groups in total. The van der Waals surface area contributed by atoms with Crippen LogP contribution in [0.25, 0.3) is 0 Å². The third-order valence-electron chi connectivity index (χ3n) is 4.64. The third kappa shape index (κ3) is 7.39. The number of carbonyl (C=O) groups is 3. The van der Waals surface area contributed by atoms with E-state index in [9.17, 15) is 18.8 Å². The van der Waals surface area contributed by atoms with Gasteiger partial charge in [-0.05, 0) is 78.7 Å². The largest absolute Gasteiger partial charge is 0.494 e. The molecule has 0 heterocycles. The topological polar surface area (TPSA) is 115 Å². The van der Waals surface area contributed by atoms with Gasteiger partial charge in [-0.15, -0.1) is 0 Å². The highest BCUT2D eigenvalue weighted by molar-refractivity contribution is 6.39. The maximum Gasteiger partial charge on any atom is 0.343 e. The number of hydrazone groups is 1. The van der Waals surface area contributed by atoms with Gasteiger partial charge in [0.1, 0.15) is 11.6 Å². The van der Waals surface area contributed by atoms with Crippen LogP contribution in [-0.2, 0) is 9.59 Å². The third-order valence-corrected chi connectivity index (χ3v) is 4.64. The molecule has 0 saturated heterocycles. The van der Waals surface area contributed by atoms with Gasteiger partial charge in [-0.1, -0.05) is 6.92 Å². The normalized spacial score (nSPS) is 10.5. The van der Waals surface area contributed by atoms with Crippen molar-refractivity contribution >= 4 is 29.7 Å². The summed E-state index contributed by atoms with van der Waals surface area (Å²) in [5.41, 5.74) is 3.20. The summed E-state index contributed by atoms with van der Waals surface area (Å²) < 4.78 is 29.2. The summed E-state index contributed by atoms with van der Waals surface area (Å²) in [6, 6.07) is 16.2. The van der Waals surface area contributed by atoms with Gasteiger partial charge in [0.25, 0.3) is 0 Å². The first kappa shape index (κ1) is 25.9. The summed E-state index contributed by atoms with van der Waals surface area (Å²) >= 11 is 0. The minimum absolute atomic E-state index is 0.189. The number of hydrogen-bond donors (Lipinski definition) is 2. The zero-order valence-corrected chi connectivity index (χ0v) is 19.6. The van der Waals surface area contributed by atoms with Gasteiger partial charge < -0.3 is 19.5 Å².